The first-order valence-electron chi connectivity index (χ1n) is 8.95. The molecule has 146 valence electrons. The number of carbonyl (C=O) groups is 1. The third-order valence-corrected chi connectivity index (χ3v) is 3.85. The Morgan fingerprint density at radius 2 is 1.81 bits per heavy atom. The second-order valence-corrected chi connectivity index (χ2v) is 6.10. The number of aliphatic imine (C=N–C) groups is 1. The van der Waals surface area contributed by atoms with Crippen LogP contribution in [-0.2, 0) is 11.2 Å². The number of guanidine groups is 1. The normalized spacial score (nSPS) is 11.0. The molecule has 0 radical (unpaired) electrons. The van der Waals surface area contributed by atoms with Crippen molar-refractivity contribution in [3.63, 3.8) is 0 Å². The molecule has 2 N–H and O–H groups in total. The maximum Gasteiger partial charge on any atom is 0.243 e. The predicted octanol–water partition coefficient (Wildman–Crippen LogP) is 1.67. The highest BCUT2D eigenvalue weighted by Gasteiger charge is 2.06. The molecule has 26 heavy (non-hydrogen) atoms. The van der Waals surface area contributed by atoms with Crippen LogP contribution in [0.2, 0.25) is 0 Å². The van der Waals surface area contributed by atoms with Crippen molar-refractivity contribution in [1.29, 1.82) is 0 Å². The molecule has 1 rings (SSSR count). The SMILES string of the molecule is CCCCNC(=NCC(=O)N(C)C)NCCc1ccc(OC)c(OC)c1. The molecule has 0 aliphatic rings. The zero-order chi connectivity index (χ0) is 19.4. The lowest BCUT2D eigenvalue weighted by Gasteiger charge is -2.14. The van der Waals surface area contributed by atoms with Gasteiger partial charge in [-0.05, 0) is 30.5 Å². The third kappa shape index (κ3) is 7.63. The van der Waals surface area contributed by atoms with Gasteiger partial charge < -0.3 is 25.0 Å². The molecule has 0 aromatic heterocycles. The van der Waals surface area contributed by atoms with Crippen LogP contribution in [0, 0.1) is 0 Å². The fourth-order valence-corrected chi connectivity index (χ4v) is 2.21. The highest BCUT2D eigenvalue weighted by atomic mass is 16.5. The van der Waals surface area contributed by atoms with Crippen LogP contribution < -0.4 is 20.1 Å². The summed E-state index contributed by atoms with van der Waals surface area (Å²) in [5, 5.41) is 6.55. The van der Waals surface area contributed by atoms with Crippen LogP contribution >= 0.6 is 0 Å². The van der Waals surface area contributed by atoms with Crippen molar-refractivity contribution in [2.24, 2.45) is 4.99 Å². The summed E-state index contributed by atoms with van der Waals surface area (Å²) in [6.07, 6.45) is 2.96. The molecular weight excluding hydrogens is 332 g/mol. The molecule has 0 fully saturated rings. The number of rotatable bonds is 10. The Hall–Kier alpha value is -2.44. The summed E-state index contributed by atoms with van der Waals surface area (Å²) in [6.45, 7) is 3.79. The van der Waals surface area contributed by atoms with E-state index in [0.29, 0.717) is 12.5 Å². The monoisotopic (exact) mass is 364 g/mol. The van der Waals surface area contributed by atoms with E-state index in [1.165, 1.54) is 4.90 Å². The third-order valence-electron chi connectivity index (χ3n) is 3.85. The number of nitrogens with one attached hydrogen (secondary N) is 2. The van der Waals surface area contributed by atoms with Crippen molar-refractivity contribution in [3.05, 3.63) is 23.8 Å². The smallest absolute Gasteiger partial charge is 0.243 e. The lowest BCUT2D eigenvalue weighted by Crippen LogP contribution is -2.40. The van der Waals surface area contributed by atoms with Crippen LogP contribution in [-0.4, -0.2) is 64.7 Å². The highest BCUT2D eigenvalue weighted by Crippen LogP contribution is 2.27. The van der Waals surface area contributed by atoms with Gasteiger partial charge in [-0.25, -0.2) is 4.99 Å². The summed E-state index contributed by atoms with van der Waals surface area (Å²) in [6, 6.07) is 5.88. The van der Waals surface area contributed by atoms with Crippen molar-refractivity contribution < 1.29 is 14.3 Å². The Bertz CT molecular complexity index is 588. The van der Waals surface area contributed by atoms with Gasteiger partial charge in [0.15, 0.2) is 17.5 Å². The summed E-state index contributed by atoms with van der Waals surface area (Å²) in [5.74, 6) is 2.07. The van der Waals surface area contributed by atoms with Gasteiger partial charge >= 0.3 is 0 Å². The average Bonchev–Trinajstić information content (AvgIpc) is 2.65. The van der Waals surface area contributed by atoms with Crippen LogP contribution in [0.15, 0.2) is 23.2 Å². The van der Waals surface area contributed by atoms with Gasteiger partial charge in [0.2, 0.25) is 5.91 Å². The van der Waals surface area contributed by atoms with Gasteiger partial charge in [-0.3, -0.25) is 4.79 Å². The number of unbranched alkanes of at least 4 members (excludes halogenated alkanes) is 1. The highest BCUT2D eigenvalue weighted by molar-refractivity contribution is 5.84. The number of hydrogen-bond acceptors (Lipinski definition) is 4. The van der Waals surface area contributed by atoms with Gasteiger partial charge in [0, 0.05) is 27.2 Å². The lowest BCUT2D eigenvalue weighted by molar-refractivity contribution is -0.127. The molecule has 0 spiro atoms. The second-order valence-electron chi connectivity index (χ2n) is 6.10. The summed E-state index contributed by atoms with van der Waals surface area (Å²) >= 11 is 0. The molecule has 0 aliphatic heterocycles. The largest absolute Gasteiger partial charge is 0.493 e. The van der Waals surface area contributed by atoms with Crippen molar-refractivity contribution in [1.82, 2.24) is 15.5 Å². The number of hydrogen-bond donors (Lipinski definition) is 2. The predicted molar refractivity (Wildman–Crippen MR) is 105 cm³/mol. The second kappa shape index (κ2) is 12.0. The van der Waals surface area contributed by atoms with E-state index >= 15 is 0 Å². The first-order valence-corrected chi connectivity index (χ1v) is 8.95. The first-order chi connectivity index (χ1) is 12.5. The zero-order valence-corrected chi connectivity index (χ0v) is 16.6. The number of nitrogens with zero attached hydrogens (tertiary/aromatic N) is 2. The quantitative estimate of drug-likeness (QED) is 0.375. The number of likely N-dealkylation sites (N-methyl/N-ethyl adjacent to an activating group) is 1. The Morgan fingerprint density at radius 1 is 1.12 bits per heavy atom. The minimum atomic E-state index is -0.0264. The Labute approximate surface area is 156 Å². The maximum absolute atomic E-state index is 11.7. The van der Waals surface area contributed by atoms with Gasteiger partial charge in [-0.15, -0.1) is 0 Å². The maximum atomic E-state index is 11.7. The van der Waals surface area contributed by atoms with Crippen LogP contribution in [0.25, 0.3) is 0 Å². The minimum Gasteiger partial charge on any atom is -0.493 e. The Balaban J connectivity index is 2.61. The van der Waals surface area contributed by atoms with E-state index in [0.717, 1.165) is 42.9 Å². The van der Waals surface area contributed by atoms with E-state index in [-0.39, 0.29) is 12.5 Å². The van der Waals surface area contributed by atoms with E-state index in [9.17, 15) is 4.79 Å². The standard InChI is InChI=1S/C19H32N4O3/c1-6-7-11-20-19(22-14-18(24)23(2)3)21-12-10-15-8-9-16(25-4)17(13-15)26-5/h8-9,13H,6-7,10-12,14H2,1-5H3,(H2,20,21,22). The molecule has 0 unspecified atom stereocenters. The lowest BCUT2D eigenvalue weighted by atomic mass is 10.1. The number of benzene rings is 1. The van der Waals surface area contributed by atoms with E-state index in [4.69, 9.17) is 9.47 Å². The molecule has 0 aliphatic carbocycles. The average molecular weight is 364 g/mol. The molecule has 1 aromatic carbocycles. The van der Waals surface area contributed by atoms with Gasteiger partial charge in [0.1, 0.15) is 6.54 Å². The first kappa shape index (κ1) is 21.6. The summed E-state index contributed by atoms with van der Waals surface area (Å²) in [4.78, 5) is 17.6. The Kier molecular flexibility index (Phi) is 9.97. The molecule has 0 heterocycles. The number of methoxy groups -OCH3 is 2. The van der Waals surface area contributed by atoms with E-state index in [1.54, 1.807) is 28.3 Å². The topological polar surface area (TPSA) is 75.2 Å². The minimum absolute atomic E-state index is 0.0264. The van der Waals surface area contributed by atoms with Crippen molar-refractivity contribution in [3.8, 4) is 11.5 Å². The molecule has 0 atom stereocenters. The molecule has 7 heteroatoms. The summed E-state index contributed by atoms with van der Waals surface area (Å²) in [7, 11) is 6.71. The number of ether oxygens (including phenoxy) is 2. The van der Waals surface area contributed by atoms with E-state index in [2.05, 4.69) is 22.5 Å². The molecule has 0 saturated heterocycles. The van der Waals surface area contributed by atoms with Crippen molar-refractivity contribution in [2.75, 3.05) is 47.9 Å². The van der Waals surface area contributed by atoms with Crippen LogP contribution in [0.4, 0.5) is 0 Å². The molecular formula is C19H32N4O3. The molecule has 0 saturated carbocycles. The molecule has 1 aromatic rings. The summed E-state index contributed by atoms with van der Waals surface area (Å²) < 4.78 is 10.6. The van der Waals surface area contributed by atoms with Crippen LogP contribution in [0.1, 0.15) is 25.3 Å². The molecule has 0 bridgehead atoms. The van der Waals surface area contributed by atoms with E-state index < -0.39 is 0 Å². The van der Waals surface area contributed by atoms with Gasteiger partial charge in [0.25, 0.3) is 0 Å². The van der Waals surface area contributed by atoms with Gasteiger partial charge in [-0.1, -0.05) is 19.4 Å². The zero-order valence-electron chi connectivity index (χ0n) is 16.6. The molecule has 7 nitrogen and oxygen atoms in total. The Morgan fingerprint density at radius 3 is 2.42 bits per heavy atom. The van der Waals surface area contributed by atoms with Crippen LogP contribution in [0.5, 0.6) is 11.5 Å². The number of amides is 1. The van der Waals surface area contributed by atoms with Crippen molar-refractivity contribution in [2.45, 2.75) is 26.2 Å². The summed E-state index contributed by atoms with van der Waals surface area (Å²) in [5.41, 5.74) is 1.13. The van der Waals surface area contributed by atoms with Crippen molar-refractivity contribution >= 4 is 11.9 Å². The fourth-order valence-electron chi connectivity index (χ4n) is 2.21. The van der Waals surface area contributed by atoms with Gasteiger partial charge in [-0.2, -0.15) is 0 Å². The fraction of sp³-hybridized carbons (Fsp3) is 0.579. The molecule has 1 amide bonds. The van der Waals surface area contributed by atoms with Crippen LogP contribution in [0.3, 0.4) is 0 Å². The van der Waals surface area contributed by atoms with Gasteiger partial charge in [0.05, 0.1) is 14.2 Å². The van der Waals surface area contributed by atoms with E-state index in [1.807, 2.05) is 18.2 Å². The number of carbonyl (C=O) groups excluding carboxylic acids is 1.